The van der Waals surface area contributed by atoms with Crippen LogP contribution in [0.2, 0.25) is 0 Å². The van der Waals surface area contributed by atoms with Gasteiger partial charge in [-0.3, -0.25) is 4.79 Å². The summed E-state index contributed by atoms with van der Waals surface area (Å²) in [6.07, 6.45) is -3.77. The van der Waals surface area contributed by atoms with E-state index in [2.05, 4.69) is 0 Å². The van der Waals surface area contributed by atoms with Crippen molar-refractivity contribution in [1.82, 2.24) is 0 Å². The van der Waals surface area contributed by atoms with E-state index in [1.807, 2.05) is 0 Å². The molecule has 7 rings (SSSR count). The predicted octanol–water partition coefficient (Wildman–Crippen LogP) is 6.32. The second-order valence-electron chi connectivity index (χ2n) is 11.7. The summed E-state index contributed by atoms with van der Waals surface area (Å²) >= 11 is 0. The van der Waals surface area contributed by atoms with Crippen molar-refractivity contribution in [2.45, 2.75) is 48.3 Å². The summed E-state index contributed by atoms with van der Waals surface area (Å²) in [6.45, 7) is 0. The molecule has 3 aromatic rings. The number of phenolic OH excluding ortho intramolecular Hbond substituents is 3. The van der Waals surface area contributed by atoms with Crippen molar-refractivity contribution in [2.75, 3.05) is 7.11 Å². The Bertz CT molecular complexity index is 1690. The first-order valence-electron chi connectivity index (χ1n) is 12.7. The standard InChI is InChI=1S/C29H19F9O5/c1-43-25(42)27-5-26(16-10(30)2-13(33)22(39)19(16)36)6-28(8-27,17-11(31)3-14(34)23(40)20(17)37)29(7-26,9-27)18-12(32)4-15(35)24(41)21(18)38/h2-4,39-41H,5-9H2,1H3. The summed E-state index contributed by atoms with van der Waals surface area (Å²) in [4.78, 5) is 13.4. The van der Waals surface area contributed by atoms with Crippen molar-refractivity contribution in [3.8, 4) is 17.2 Å². The monoisotopic (exact) mass is 618 g/mol. The Kier molecular flexibility index (Phi) is 5.88. The van der Waals surface area contributed by atoms with E-state index in [-0.39, 0.29) is 18.2 Å². The van der Waals surface area contributed by atoms with E-state index in [4.69, 9.17) is 4.74 Å². The largest absolute Gasteiger partial charge is 0.503 e. The van der Waals surface area contributed by atoms with Crippen LogP contribution in [0.15, 0.2) is 18.2 Å². The highest BCUT2D eigenvalue weighted by Crippen LogP contribution is 2.82. The van der Waals surface area contributed by atoms with Crippen LogP contribution in [-0.2, 0) is 25.8 Å². The van der Waals surface area contributed by atoms with Crippen molar-refractivity contribution in [2.24, 2.45) is 5.41 Å². The number of carbonyl (C=O) groups is 1. The Morgan fingerprint density at radius 2 is 0.930 bits per heavy atom. The van der Waals surface area contributed by atoms with Crippen molar-refractivity contribution in [1.29, 1.82) is 0 Å². The minimum atomic E-state index is -2.46. The lowest BCUT2D eigenvalue weighted by molar-refractivity contribution is -0.157. The average molecular weight is 618 g/mol. The fourth-order valence-electron chi connectivity index (χ4n) is 8.77. The summed E-state index contributed by atoms with van der Waals surface area (Å²) in [7, 11) is 0.900. The molecule has 0 radical (unpaired) electrons. The number of phenols is 3. The van der Waals surface area contributed by atoms with E-state index >= 15 is 26.3 Å². The van der Waals surface area contributed by atoms with Crippen LogP contribution in [-0.4, -0.2) is 28.4 Å². The number of esters is 1. The molecule has 4 aliphatic carbocycles. The van der Waals surface area contributed by atoms with Gasteiger partial charge in [0, 0.05) is 51.1 Å². The molecule has 0 aliphatic heterocycles. The first-order chi connectivity index (χ1) is 20.0. The topological polar surface area (TPSA) is 87.0 Å². The van der Waals surface area contributed by atoms with Crippen LogP contribution in [0.4, 0.5) is 39.5 Å². The second kappa shape index (κ2) is 8.73. The second-order valence-corrected chi connectivity index (χ2v) is 11.7. The number of carbonyl (C=O) groups excluding carboxylic acids is 1. The van der Waals surface area contributed by atoms with E-state index < -0.39 is 146 Å². The molecule has 228 valence electrons. The molecule has 4 fully saturated rings. The van der Waals surface area contributed by atoms with E-state index in [1.165, 1.54) is 0 Å². The first kappa shape index (κ1) is 29.0. The summed E-state index contributed by atoms with van der Waals surface area (Å²) in [5.41, 5.74) is -12.6. The highest BCUT2D eigenvalue weighted by atomic mass is 19.2. The lowest BCUT2D eigenvalue weighted by Gasteiger charge is -2.47. The maximum atomic E-state index is 15.8. The molecule has 5 nitrogen and oxygen atoms in total. The molecule has 4 aliphatic rings. The maximum Gasteiger partial charge on any atom is 0.311 e. The number of benzene rings is 3. The Morgan fingerprint density at radius 1 is 0.581 bits per heavy atom. The normalized spacial score (nSPS) is 29.0. The maximum absolute atomic E-state index is 15.8. The Morgan fingerprint density at radius 3 is 1.30 bits per heavy atom. The molecular weight excluding hydrogens is 599 g/mol. The van der Waals surface area contributed by atoms with Gasteiger partial charge in [-0.2, -0.15) is 0 Å². The third-order valence-corrected chi connectivity index (χ3v) is 9.70. The number of aromatic hydroxyl groups is 3. The molecule has 4 bridgehead atoms. The summed E-state index contributed by atoms with van der Waals surface area (Å²) < 4.78 is 142. The first-order valence-corrected chi connectivity index (χ1v) is 12.7. The molecule has 0 saturated heterocycles. The van der Waals surface area contributed by atoms with Gasteiger partial charge < -0.3 is 20.1 Å². The number of ether oxygens (including phenoxy) is 1. The van der Waals surface area contributed by atoms with Gasteiger partial charge in [0.2, 0.25) is 0 Å². The number of hydrogen-bond acceptors (Lipinski definition) is 5. The van der Waals surface area contributed by atoms with Crippen molar-refractivity contribution in [3.63, 3.8) is 0 Å². The zero-order valence-electron chi connectivity index (χ0n) is 21.8. The summed E-state index contributed by atoms with van der Waals surface area (Å²) in [6, 6.07) is 0.232. The van der Waals surface area contributed by atoms with Crippen LogP contribution in [0.1, 0.15) is 48.8 Å². The fourth-order valence-corrected chi connectivity index (χ4v) is 8.77. The van der Waals surface area contributed by atoms with E-state index in [0.29, 0.717) is 0 Å². The van der Waals surface area contributed by atoms with Crippen LogP contribution in [0, 0.1) is 57.8 Å². The molecule has 2 unspecified atom stereocenters. The van der Waals surface area contributed by atoms with Crippen molar-refractivity contribution < 1.29 is 64.4 Å². The quantitative estimate of drug-likeness (QED) is 0.236. The third-order valence-electron chi connectivity index (χ3n) is 9.70. The molecule has 14 heteroatoms. The lowest BCUT2D eigenvalue weighted by Crippen LogP contribution is -2.47. The molecule has 0 aromatic heterocycles. The average Bonchev–Trinajstić information content (AvgIpc) is 3.24. The van der Waals surface area contributed by atoms with E-state index in [1.54, 1.807) is 0 Å². The summed E-state index contributed by atoms with van der Waals surface area (Å²) in [5.74, 6) is -22.3. The molecule has 3 N–H and O–H groups in total. The molecule has 0 spiro atoms. The molecule has 0 heterocycles. The highest BCUT2D eigenvalue weighted by molar-refractivity contribution is 5.81. The summed E-state index contributed by atoms with van der Waals surface area (Å²) in [5, 5.41) is 30.3. The third kappa shape index (κ3) is 3.34. The minimum Gasteiger partial charge on any atom is -0.503 e. The van der Waals surface area contributed by atoms with Crippen molar-refractivity contribution >= 4 is 5.97 Å². The molecule has 2 atom stereocenters. The number of methoxy groups -OCH3 is 1. The smallest absolute Gasteiger partial charge is 0.311 e. The Labute approximate surface area is 236 Å². The van der Waals surface area contributed by atoms with Crippen LogP contribution in [0.25, 0.3) is 0 Å². The van der Waals surface area contributed by atoms with Crippen molar-refractivity contribution in [3.05, 3.63) is 87.2 Å². The Balaban J connectivity index is 1.81. The van der Waals surface area contributed by atoms with Gasteiger partial charge in [0.05, 0.1) is 12.5 Å². The van der Waals surface area contributed by atoms with Crippen LogP contribution < -0.4 is 0 Å². The van der Waals surface area contributed by atoms with E-state index in [9.17, 15) is 33.3 Å². The zero-order valence-corrected chi connectivity index (χ0v) is 21.8. The predicted molar refractivity (Wildman–Crippen MR) is 127 cm³/mol. The SMILES string of the molecule is COC(=O)C12CC3(c4c(F)cc(F)c(O)c4F)CC(c4c(F)cc(F)c(O)c4F)(C1)C(c1c(F)cc(F)c(O)c1F)(C2)C3. The van der Waals surface area contributed by atoms with Gasteiger partial charge in [-0.25, -0.2) is 39.5 Å². The van der Waals surface area contributed by atoms with E-state index in [0.717, 1.165) is 7.11 Å². The van der Waals surface area contributed by atoms with Gasteiger partial charge in [-0.15, -0.1) is 0 Å². The van der Waals surface area contributed by atoms with Gasteiger partial charge >= 0.3 is 5.97 Å². The number of halogens is 9. The van der Waals surface area contributed by atoms with Gasteiger partial charge in [-0.1, -0.05) is 0 Å². The molecule has 0 amide bonds. The van der Waals surface area contributed by atoms with Crippen LogP contribution in [0.5, 0.6) is 17.2 Å². The van der Waals surface area contributed by atoms with Gasteiger partial charge in [0.15, 0.2) is 52.2 Å². The Hall–Kier alpha value is -4.10. The van der Waals surface area contributed by atoms with Gasteiger partial charge in [0.1, 0.15) is 17.5 Å². The zero-order chi connectivity index (χ0) is 31.6. The van der Waals surface area contributed by atoms with Crippen LogP contribution >= 0.6 is 0 Å². The van der Waals surface area contributed by atoms with Crippen LogP contribution in [0.3, 0.4) is 0 Å². The fraction of sp³-hybridized carbons (Fsp3) is 0.345. The number of rotatable bonds is 4. The minimum absolute atomic E-state index is 0.0622. The molecular formula is C29H19F9O5. The van der Waals surface area contributed by atoms with Gasteiger partial charge in [-0.05, 0) is 32.1 Å². The molecule has 43 heavy (non-hydrogen) atoms. The van der Waals surface area contributed by atoms with Gasteiger partial charge in [0.25, 0.3) is 0 Å². The lowest BCUT2D eigenvalue weighted by atomic mass is 9.56. The molecule has 4 saturated carbocycles. The number of hydrogen-bond donors (Lipinski definition) is 3. The highest BCUT2D eigenvalue weighted by Gasteiger charge is 2.81. The molecule has 3 aromatic carbocycles.